The van der Waals surface area contributed by atoms with Gasteiger partial charge in [-0.2, -0.15) is 5.26 Å². The van der Waals surface area contributed by atoms with Gasteiger partial charge in [-0.3, -0.25) is 4.98 Å². The largest absolute Gasteiger partial charge is 0.352 e. The molecule has 1 aromatic carbocycles. The molecule has 0 spiro atoms. The predicted octanol–water partition coefficient (Wildman–Crippen LogP) is 4.31. The topological polar surface area (TPSA) is 48.7 Å². The van der Waals surface area contributed by atoms with Crippen molar-refractivity contribution in [2.45, 2.75) is 6.92 Å². The molecule has 0 saturated carbocycles. The van der Waals surface area contributed by atoms with Crippen molar-refractivity contribution in [1.82, 2.24) is 4.98 Å². The molecule has 0 aliphatic carbocycles. The van der Waals surface area contributed by atoms with E-state index in [1.165, 1.54) is 0 Å². The number of rotatable bonds is 2. The Morgan fingerprint density at radius 3 is 2.72 bits per heavy atom. The first kappa shape index (κ1) is 12.7. The summed E-state index contributed by atoms with van der Waals surface area (Å²) in [6.07, 6.45) is 3.14. The Bertz CT molecular complexity index is 633. The van der Waals surface area contributed by atoms with Gasteiger partial charge in [0.2, 0.25) is 0 Å². The molecule has 0 atom stereocenters. The molecule has 18 heavy (non-hydrogen) atoms. The van der Waals surface area contributed by atoms with Crippen LogP contribution in [-0.2, 0) is 0 Å². The number of hydrogen-bond acceptors (Lipinski definition) is 3. The number of anilines is 2. The lowest BCUT2D eigenvalue weighted by Gasteiger charge is -2.11. The van der Waals surface area contributed by atoms with Crippen LogP contribution in [0.2, 0.25) is 10.0 Å². The number of aryl methyl sites for hydroxylation is 1. The van der Waals surface area contributed by atoms with Crippen LogP contribution in [0, 0.1) is 18.3 Å². The number of halogens is 2. The average molecular weight is 278 g/mol. The summed E-state index contributed by atoms with van der Waals surface area (Å²) >= 11 is 12.2. The summed E-state index contributed by atoms with van der Waals surface area (Å²) in [5, 5.41) is 13.2. The number of pyridine rings is 1. The van der Waals surface area contributed by atoms with E-state index in [1.807, 2.05) is 6.92 Å². The molecule has 0 amide bonds. The smallest absolute Gasteiger partial charge is 0.101 e. The third-order valence-corrected chi connectivity index (χ3v) is 3.18. The number of nitriles is 1. The molecule has 1 N–H and O–H groups in total. The first-order valence-electron chi connectivity index (χ1n) is 5.18. The Balaban J connectivity index is 2.41. The van der Waals surface area contributed by atoms with Crippen molar-refractivity contribution in [3.63, 3.8) is 0 Å². The van der Waals surface area contributed by atoms with Crippen LogP contribution < -0.4 is 5.32 Å². The second-order valence-corrected chi connectivity index (χ2v) is 4.55. The van der Waals surface area contributed by atoms with Gasteiger partial charge in [-0.25, -0.2) is 0 Å². The van der Waals surface area contributed by atoms with Crippen LogP contribution >= 0.6 is 23.2 Å². The molecule has 2 rings (SSSR count). The summed E-state index contributed by atoms with van der Waals surface area (Å²) < 4.78 is 0. The molecule has 90 valence electrons. The molecule has 0 unspecified atom stereocenters. The van der Waals surface area contributed by atoms with E-state index >= 15 is 0 Å². The van der Waals surface area contributed by atoms with E-state index in [-0.39, 0.29) is 0 Å². The molecule has 5 heteroatoms. The monoisotopic (exact) mass is 277 g/mol. The van der Waals surface area contributed by atoms with E-state index in [2.05, 4.69) is 16.4 Å². The van der Waals surface area contributed by atoms with E-state index in [9.17, 15) is 0 Å². The summed E-state index contributed by atoms with van der Waals surface area (Å²) in [4.78, 5) is 3.97. The standard InChI is InChI=1S/C13H9Cl2N3/c1-8-4-11(15)12(5-10(8)14)18-13-7-17-3-2-9(13)6-16/h2-5,7,18H,1H3. The van der Waals surface area contributed by atoms with Gasteiger partial charge in [0, 0.05) is 11.2 Å². The SMILES string of the molecule is Cc1cc(Cl)c(Nc2cnccc2C#N)cc1Cl. The molecule has 0 fully saturated rings. The van der Waals surface area contributed by atoms with Crippen LogP contribution in [0.4, 0.5) is 11.4 Å². The van der Waals surface area contributed by atoms with Gasteiger partial charge in [-0.05, 0) is 30.7 Å². The van der Waals surface area contributed by atoms with E-state index < -0.39 is 0 Å². The molecule has 0 aliphatic rings. The van der Waals surface area contributed by atoms with Crippen LogP contribution in [0.15, 0.2) is 30.6 Å². The first-order chi connectivity index (χ1) is 8.61. The third-order valence-electron chi connectivity index (χ3n) is 2.46. The fraction of sp³-hybridized carbons (Fsp3) is 0.0769. The molecule has 1 aromatic heterocycles. The highest BCUT2D eigenvalue weighted by atomic mass is 35.5. The van der Waals surface area contributed by atoms with Crippen LogP contribution in [0.3, 0.4) is 0 Å². The lowest BCUT2D eigenvalue weighted by Crippen LogP contribution is -1.95. The quantitative estimate of drug-likeness (QED) is 0.890. The third kappa shape index (κ3) is 2.56. The Morgan fingerprint density at radius 2 is 2.00 bits per heavy atom. The molecular formula is C13H9Cl2N3. The maximum Gasteiger partial charge on any atom is 0.101 e. The maximum atomic E-state index is 8.99. The molecule has 0 aliphatic heterocycles. The fourth-order valence-corrected chi connectivity index (χ4v) is 1.91. The zero-order valence-electron chi connectivity index (χ0n) is 9.54. The van der Waals surface area contributed by atoms with E-state index in [0.29, 0.717) is 27.0 Å². The molecule has 3 nitrogen and oxygen atoms in total. The van der Waals surface area contributed by atoms with Crippen LogP contribution in [0.25, 0.3) is 0 Å². The Hall–Kier alpha value is -1.76. The molecule has 0 saturated heterocycles. The fourth-order valence-electron chi connectivity index (χ4n) is 1.48. The summed E-state index contributed by atoms with van der Waals surface area (Å²) in [7, 11) is 0. The van der Waals surface area contributed by atoms with Gasteiger partial charge >= 0.3 is 0 Å². The predicted molar refractivity (Wildman–Crippen MR) is 73.4 cm³/mol. The number of aromatic nitrogens is 1. The van der Waals surface area contributed by atoms with Crippen molar-refractivity contribution in [1.29, 1.82) is 5.26 Å². The molecule has 0 bridgehead atoms. The normalized spacial score (nSPS) is 9.89. The molecular weight excluding hydrogens is 269 g/mol. The lowest BCUT2D eigenvalue weighted by molar-refractivity contribution is 1.30. The van der Waals surface area contributed by atoms with Crippen molar-refractivity contribution in [2.24, 2.45) is 0 Å². The van der Waals surface area contributed by atoms with Gasteiger partial charge in [0.05, 0.1) is 28.2 Å². The van der Waals surface area contributed by atoms with Crippen molar-refractivity contribution in [3.05, 3.63) is 51.8 Å². The number of hydrogen-bond donors (Lipinski definition) is 1. The lowest BCUT2D eigenvalue weighted by atomic mass is 10.2. The van der Waals surface area contributed by atoms with Crippen molar-refractivity contribution < 1.29 is 0 Å². The van der Waals surface area contributed by atoms with Gasteiger partial charge in [-0.1, -0.05) is 23.2 Å². The van der Waals surface area contributed by atoms with Crippen molar-refractivity contribution >= 4 is 34.6 Å². The summed E-state index contributed by atoms with van der Waals surface area (Å²) in [6, 6.07) is 7.22. The highest BCUT2D eigenvalue weighted by Crippen LogP contribution is 2.31. The minimum absolute atomic E-state index is 0.498. The zero-order chi connectivity index (χ0) is 13.1. The minimum atomic E-state index is 0.498. The first-order valence-corrected chi connectivity index (χ1v) is 5.94. The van der Waals surface area contributed by atoms with Gasteiger partial charge in [0.25, 0.3) is 0 Å². The molecule has 1 heterocycles. The average Bonchev–Trinajstić information content (AvgIpc) is 2.36. The minimum Gasteiger partial charge on any atom is -0.352 e. The summed E-state index contributed by atoms with van der Waals surface area (Å²) in [5.41, 5.74) is 2.65. The number of nitrogens with one attached hydrogen (secondary N) is 1. The Morgan fingerprint density at radius 1 is 1.22 bits per heavy atom. The molecule has 0 radical (unpaired) electrons. The zero-order valence-corrected chi connectivity index (χ0v) is 11.0. The van der Waals surface area contributed by atoms with E-state index in [1.54, 1.807) is 30.6 Å². The van der Waals surface area contributed by atoms with E-state index in [0.717, 1.165) is 5.56 Å². The summed E-state index contributed by atoms with van der Waals surface area (Å²) in [5.74, 6) is 0. The maximum absolute atomic E-state index is 8.99. The second kappa shape index (κ2) is 5.26. The summed E-state index contributed by atoms with van der Waals surface area (Å²) in [6.45, 7) is 1.88. The molecule has 2 aromatic rings. The van der Waals surface area contributed by atoms with Crippen LogP contribution in [0.1, 0.15) is 11.1 Å². The Labute approximate surface area is 115 Å². The second-order valence-electron chi connectivity index (χ2n) is 3.74. The van der Waals surface area contributed by atoms with Crippen molar-refractivity contribution in [3.8, 4) is 6.07 Å². The van der Waals surface area contributed by atoms with Gasteiger partial charge in [0.1, 0.15) is 6.07 Å². The number of benzene rings is 1. The van der Waals surface area contributed by atoms with Crippen molar-refractivity contribution in [2.75, 3.05) is 5.32 Å². The highest BCUT2D eigenvalue weighted by Gasteiger charge is 2.07. The van der Waals surface area contributed by atoms with Gasteiger partial charge < -0.3 is 5.32 Å². The van der Waals surface area contributed by atoms with E-state index in [4.69, 9.17) is 28.5 Å². The van der Waals surface area contributed by atoms with Crippen LogP contribution in [0.5, 0.6) is 0 Å². The number of nitrogens with zero attached hydrogens (tertiary/aromatic N) is 2. The Kier molecular flexibility index (Phi) is 3.71. The van der Waals surface area contributed by atoms with Gasteiger partial charge in [0.15, 0.2) is 0 Å². The van der Waals surface area contributed by atoms with Gasteiger partial charge in [-0.15, -0.1) is 0 Å². The highest BCUT2D eigenvalue weighted by molar-refractivity contribution is 6.35. The van der Waals surface area contributed by atoms with Crippen LogP contribution in [-0.4, -0.2) is 4.98 Å².